The molecular weight excluding hydrogens is 404 g/mol. The molecule has 0 saturated carbocycles. The number of carbonyl (C=O) groups excluding carboxylic acids is 1. The largest absolute Gasteiger partial charge is 0.497 e. The van der Waals surface area contributed by atoms with Gasteiger partial charge in [0.05, 0.1) is 13.2 Å². The van der Waals surface area contributed by atoms with Gasteiger partial charge in [0.25, 0.3) is 0 Å². The number of ether oxygens (including phenoxy) is 1. The molecule has 0 bridgehead atoms. The van der Waals surface area contributed by atoms with Gasteiger partial charge in [-0.15, -0.1) is 0 Å². The average Bonchev–Trinajstić information content (AvgIpc) is 3.33. The van der Waals surface area contributed by atoms with Gasteiger partial charge in [0.15, 0.2) is 0 Å². The van der Waals surface area contributed by atoms with Crippen LogP contribution in [0.3, 0.4) is 0 Å². The lowest BCUT2D eigenvalue weighted by molar-refractivity contribution is -0.128. The van der Waals surface area contributed by atoms with E-state index >= 15 is 0 Å². The highest BCUT2D eigenvalue weighted by atomic mass is 16.5. The number of hydrogen-bond donors (Lipinski definition) is 0. The van der Waals surface area contributed by atoms with E-state index in [2.05, 4.69) is 22.0 Å². The van der Waals surface area contributed by atoms with Gasteiger partial charge < -0.3 is 14.2 Å². The molecule has 1 amide bonds. The Hall–Kier alpha value is -3.45. The molecule has 2 aromatic carbocycles. The molecule has 0 radical (unpaired) electrons. The monoisotopic (exact) mass is 432 g/mol. The van der Waals surface area contributed by atoms with E-state index in [0.29, 0.717) is 24.8 Å². The SMILES string of the molecule is COc1ccc(C=CC(=O)N2CCN(C(C)c3nc(-c4ccc(C)cc4)no3)CC2)cc1. The minimum atomic E-state index is -0.00575. The number of amides is 1. The Morgan fingerprint density at radius 3 is 2.41 bits per heavy atom. The number of nitrogens with zero attached hydrogens (tertiary/aromatic N) is 4. The van der Waals surface area contributed by atoms with Crippen molar-refractivity contribution in [2.75, 3.05) is 33.3 Å². The van der Waals surface area contributed by atoms with E-state index in [1.54, 1.807) is 13.2 Å². The molecule has 1 saturated heterocycles. The third-order valence-electron chi connectivity index (χ3n) is 5.82. The highest BCUT2D eigenvalue weighted by Gasteiger charge is 2.27. The maximum absolute atomic E-state index is 12.6. The Balaban J connectivity index is 1.31. The first-order chi connectivity index (χ1) is 15.5. The molecule has 1 unspecified atom stereocenters. The van der Waals surface area contributed by atoms with Gasteiger partial charge >= 0.3 is 0 Å². The van der Waals surface area contributed by atoms with Gasteiger partial charge in [-0.3, -0.25) is 9.69 Å². The Morgan fingerprint density at radius 1 is 1.06 bits per heavy atom. The Labute approximate surface area is 188 Å². The fourth-order valence-corrected chi connectivity index (χ4v) is 3.70. The third kappa shape index (κ3) is 5.06. The molecule has 0 aliphatic carbocycles. The van der Waals surface area contributed by atoms with Crippen molar-refractivity contribution < 1.29 is 14.1 Å². The molecule has 2 heterocycles. The van der Waals surface area contributed by atoms with Gasteiger partial charge in [-0.2, -0.15) is 4.98 Å². The van der Waals surface area contributed by atoms with Crippen LogP contribution in [0.25, 0.3) is 17.5 Å². The highest BCUT2D eigenvalue weighted by molar-refractivity contribution is 5.91. The number of hydrogen-bond acceptors (Lipinski definition) is 6. The van der Waals surface area contributed by atoms with Crippen LogP contribution >= 0.6 is 0 Å². The molecule has 7 nitrogen and oxygen atoms in total. The summed E-state index contributed by atoms with van der Waals surface area (Å²) in [6.07, 6.45) is 3.47. The third-order valence-corrected chi connectivity index (χ3v) is 5.82. The predicted molar refractivity (Wildman–Crippen MR) is 123 cm³/mol. The molecule has 32 heavy (non-hydrogen) atoms. The first-order valence-corrected chi connectivity index (χ1v) is 10.8. The zero-order valence-corrected chi connectivity index (χ0v) is 18.7. The van der Waals surface area contributed by atoms with Crippen molar-refractivity contribution in [3.63, 3.8) is 0 Å². The molecule has 1 aromatic heterocycles. The maximum Gasteiger partial charge on any atom is 0.246 e. The lowest BCUT2D eigenvalue weighted by Crippen LogP contribution is -2.48. The highest BCUT2D eigenvalue weighted by Crippen LogP contribution is 2.24. The van der Waals surface area contributed by atoms with Crippen LogP contribution in [0, 0.1) is 6.92 Å². The molecule has 0 N–H and O–H groups in total. The van der Waals surface area contributed by atoms with E-state index in [-0.39, 0.29) is 11.9 Å². The van der Waals surface area contributed by atoms with Gasteiger partial charge in [-0.25, -0.2) is 0 Å². The first kappa shape index (κ1) is 21.8. The van der Waals surface area contributed by atoms with Crippen LogP contribution in [-0.2, 0) is 4.79 Å². The van der Waals surface area contributed by atoms with E-state index in [0.717, 1.165) is 30.0 Å². The van der Waals surface area contributed by atoms with Crippen molar-refractivity contribution >= 4 is 12.0 Å². The standard InChI is InChI=1S/C25H28N4O3/c1-18-4-9-21(10-5-18)24-26-25(32-27-24)19(2)28-14-16-29(17-15-28)23(30)13-8-20-6-11-22(31-3)12-7-20/h4-13,19H,14-17H2,1-3H3. The second-order valence-electron chi connectivity index (χ2n) is 7.97. The van der Waals surface area contributed by atoms with Gasteiger partial charge in [0.2, 0.25) is 17.6 Å². The van der Waals surface area contributed by atoms with Crippen molar-refractivity contribution in [1.82, 2.24) is 19.9 Å². The Bertz CT molecular complexity index is 1070. The van der Waals surface area contributed by atoms with Crippen molar-refractivity contribution in [2.24, 2.45) is 0 Å². The molecule has 1 aliphatic rings. The second-order valence-corrected chi connectivity index (χ2v) is 7.97. The molecule has 166 valence electrons. The minimum absolute atomic E-state index is 0.00575. The number of rotatable bonds is 6. The van der Waals surface area contributed by atoms with Crippen LogP contribution in [0.5, 0.6) is 5.75 Å². The Kier molecular flexibility index (Phi) is 6.66. The zero-order chi connectivity index (χ0) is 22.5. The summed E-state index contributed by atoms with van der Waals surface area (Å²) in [5.74, 6) is 2.02. The normalized spacial score (nSPS) is 15.8. The summed E-state index contributed by atoms with van der Waals surface area (Å²) in [5.41, 5.74) is 3.10. The summed E-state index contributed by atoms with van der Waals surface area (Å²) < 4.78 is 10.7. The van der Waals surface area contributed by atoms with Crippen LogP contribution < -0.4 is 4.74 Å². The molecule has 1 fully saturated rings. The van der Waals surface area contributed by atoms with Crippen LogP contribution in [0.2, 0.25) is 0 Å². The van der Waals surface area contributed by atoms with Gasteiger partial charge in [0, 0.05) is 37.8 Å². The van der Waals surface area contributed by atoms with E-state index in [9.17, 15) is 4.79 Å². The predicted octanol–water partition coefficient (Wildman–Crippen LogP) is 3.97. The number of benzene rings is 2. The maximum atomic E-state index is 12.6. The topological polar surface area (TPSA) is 71.7 Å². The number of methoxy groups -OCH3 is 1. The lowest BCUT2D eigenvalue weighted by Gasteiger charge is -2.36. The molecule has 1 atom stereocenters. The molecule has 7 heteroatoms. The van der Waals surface area contributed by atoms with Crippen LogP contribution in [-0.4, -0.2) is 59.1 Å². The van der Waals surface area contributed by atoms with Gasteiger partial charge in [-0.05, 0) is 37.6 Å². The van der Waals surface area contributed by atoms with E-state index in [1.807, 2.05) is 66.4 Å². The summed E-state index contributed by atoms with van der Waals surface area (Å²) in [6, 6.07) is 15.7. The lowest BCUT2D eigenvalue weighted by atomic mass is 10.1. The van der Waals surface area contributed by atoms with Crippen molar-refractivity contribution in [2.45, 2.75) is 19.9 Å². The smallest absolute Gasteiger partial charge is 0.246 e. The number of piperazine rings is 1. The van der Waals surface area contributed by atoms with Crippen molar-refractivity contribution in [1.29, 1.82) is 0 Å². The number of aromatic nitrogens is 2. The summed E-state index contributed by atoms with van der Waals surface area (Å²) in [4.78, 5) is 21.3. The summed E-state index contributed by atoms with van der Waals surface area (Å²) >= 11 is 0. The van der Waals surface area contributed by atoms with Crippen LogP contribution in [0.1, 0.15) is 30.0 Å². The van der Waals surface area contributed by atoms with Gasteiger partial charge in [-0.1, -0.05) is 47.1 Å². The van der Waals surface area contributed by atoms with E-state index in [4.69, 9.17) is 9.26 Å². The van der Waals surface area contributed by atoms with Crippen LogP contribution in [0.4, 0.5) is 0 Å². The summed E-state index contributed by atoms with van der Waals surface area (Å²) in [7, 11) is 1.64. The molecule has 0 spiro atoms. The second kappa shape index (κ2) is 9.78. The Morgan fingerprint density at radius 2 is 1.75 bits per heavy atom. The molecule has 1 aliphatic heterocycles. The van der Waals surface area contributed by atoms with Crippen LogP contribution in [0.15, 0.2) is 59.1 Å². The van der Waals surface area contributed by atoms with Crippen molar-refractivity contribution in [3.8, 4) is 17.1 Å². The number of carbonyl (C=O) groups is 1. The molecule has 3 aromatic rings. The molecule has 4 rings (SSSR count). The van der Waals surface area contributed by atoms with Gasteiger partial charge in [0.1, 0.15) is 5.75 Å². The minimum Gasteiger partial charge on any atom is -0.497 e. The van der Waals surface area contributed by atoms with E-state index < -0.39 is 0 Å². The average molecular weight is 433 g/mol. The number of aryl methyl sites for hydroxylation is 1. The van der Waals surface area contributed by atoms with Crippen molar-refractivity contribution in [3.05, 3.63) is 71.6 Å². The zero-order valence-electron chi connectivity index (χ0n) is 18.7. The first-order valence-electron chi connectivity index (χ1n) is 10.8. The fraction of sp³-hybridized carbons (Fsp3) is 0.320. The van der Waals surface area contributed by atoms with E-state index in [1.165, 1.54) is 5.56 Å². The molecular formula is C25H28N4O3. The quantitative estimate of drug-likeness (QED) is 0.549. The fourth-order valence-electron chi connectivity index (χ4n) is 3.70. The summed E-state index contributed by atoms with van der Waals surface area (Å²) in [6.45, 7) is 6.95. The summed E-state index contributed by atoms with van der Waals surface area (Å²) in [5, 5.41) is 4.14.